The molecule has 0 saturated carbocycles. The zero-order chi connectivity index (χ0) is 67.5. The zero-order valence-corrected chi connectivity index (χ0v) is 52.5. The van der Waals surface area contributed by atoms with Crippen LogP contribution in [0, 0.1) is 0 Å². The van der Waals surface area contributed by atoms with E-state index < -0.39 is 48.4 Å². The maximum atomic E-state index is 9.70. The Morgan fingerprint density at radius 2 is 1.01 bits per heavy atom. The monoisotopic (exact) mass is 1170 g/mol. The Labute approximate surface area is 531 Å². The van der Waals surface area contributed by atoms with Gasteiger partial charge in [-0.25, -0.2) is 0 Å². The van der Waals surface area contributed by atoms with Crippen molar-refractivity contribution >= 4 is 115 Å². The van der Waals surface area contributed by atoms with E-state index in [1.807, 2.05) is 23.5 Å². The first-order valence-corrected chi connectivity index (χ1v) is 31.2. The van der Waals surface area contributed by atoms with Gasteiger partial charge in [0, 0.05) is 104 Å². The van der Waals surface area contributed by atoms with Crippen molar-refractivity contribution in [3.05, 3.63) is 229 Å². The number of hydrogen-bond acceptors (Lipinski definition) is 5. The highest BCUT2D eigenvalue weighted by Gasteiger charge is 2.45. The van der Waals surface area contributed by atoms with Gasteiger partial charge in [0.05, 0.1) is 50.1 Å². The van der Waals surface area contributed by atoms with Gasteiger partial charge in [-0.15, -0.1) is 11.3 Å². The summed E-state index contributed by atoms with van der Waals surface area (Å²) in [7, 11) is 0. The van der Waals surface area contributed by atoms with E-state index >= 15 is 0 Å². The summed E-state index contributed by atoms with van der Waals surface area (Å²) >= 11 is 1.83. The van der Waals surface area contributed by atoms with Crippen LogP contribution in [0.1, 0.15) is 117 Å². The van der Waals surface area contributed by atoms with Gasteiger partial charge in [-0.2, -0.15) is 0 Å². The highest BCUT2D eigenvalue weighted by Crippen LogP contribution is 2.52. The minimum Gasteiger partial charge on any atom is -0.458 e. The number of pyridine rings is 2. The van der Waals surface area contributed by atoms with E-state index in [0.29, 0.717) is 17.2 Å². The third kappa shape index (κ3) is 8.35. The molecule has 2 aliphatic heterocycles. The number of fused-ring (bicyclic) bond motifs is 14. The number of ether oxygens (including phenoxy) is 1. The molecule has 0 unspecified atom stereocenters. The van der Waals surface area contributed by atoms with Crippen LogP contribution in [0.15, 0.2) is 206 Å². The lowest BCUT2D eigenvalue weighted by Crippen LogP contribution is -2.59. The molecule has 8 heteroatoms. The summed E-state index contributed by atoms with van der Waals surface area (Å²) in [5.74, 6) is 1.39. The predicted octanol–water partition coefficient (Wildman–Crippen LogP) is 20.0. The molecule has 0 radical (unpaired) electrons. The van der Waals surface area contributed by atoms with Crippen LogP contribution in [0.4, 0.5) is 17.1 Å². The third-order valence-corrected chi connectivity index (χ3v) is 19.3. The van der Waals surface area contributed by atoms with Crippen molar-refractivity contribution < 1.29 is 15.7 Å². The predicted molar refractivity (Wildman–Crippen MR) is 375 cm³/mol. The number of hydrogen-bond donors (Lipinski definition) is 0. The van der Waals surface area contributed by atoms with E-state index in [0.717, 1.165) is 101 Å². The molecule has 5 aromatic heterocycles. The van der Waals surface area contributed by atoms with E-state index in [1.165, 1.54) is 25.6 Å². The topological polar surface area (TPSA) is 48.1 Å². The van der Waals surface area contributed by atoms with Gasteiger partial charge in [-0.3, -0.25) is 9.97 Å². The number of thiophene rings is 1. The molecule has 14 aromatic rings. The minimum atomic E-state index is -0.502. The fourth-order valence-electron chi connectivity index (χ4n) is 13.6. The molecule has 0 bridgehead atoms. The Bertz CT molecular complexity index is 5610. The summed E-state index contributed by atoms with van der Waals surface area (Å²) in [6.45, 7) is 25.9. The van der Waals surface area contributed by atoms with E-state index in [1.54, 1.807) is 4.57 Å². The van der Waals surface area contributed by atoms with Gasteiger partial charge in [0.25, 0.3) is 6.71 Å². The van der Waals surface area contributed by atoms with Crippen LogP contribution >= 0.6 is 11.3 Å². The largest absolute Gasteiger partial charge is 0.458 e. The Morgan fingerprint density at radius 3 is 1.65 bits per heavy atom. The molecule has 6 nitrogen and oxygen atoms in total. The van der Waals surface area contributed by atoms with Crippen molar-refractivity contribution in [2.45, 2.75) is 105 Å². The molecule has 0 N–H and O–H groups in total. The van der Waals surface area contributed by atoms with Crippen LogP contribution in [0.2, 0.25) is 0 Å². The fourth-order valence-corrected chi connectivity index (χ4v) is 14.8. The van der Waals surface area contributed by atoms with Crippen molar-refractivity contribution in [2.24, 2.45) is 0 Å². The first-order valence-electron chi connectivity index (χ1n) is 34.4. The average molecular weight is 1170 g/mol. The molecular weight excluding hydrogens is 1090 g/mol. The van der Waals surface area contributed by atoms with E-state index in [-0.39, 0.29) is 50.1 Å². The number of anilines is 3. The number of para-hydroxylation sites is 3. The van der Waals surface area contributed by atoms with Crippen LogP contribution in [-0.2, 0) is 21.7 Å². The van der Waals surface area contributed by atoms with Crippen molar-refractivity contribution in [1.29, 1.82) is 0 Å². The average Bonchev–Trinajstić information content (AvgIpc) is 1.20. The summed E-state index contributed by atoms with van der Waals surface area (Å²) in [5.41, 5.74) is 14.3. The molecule has 16 rings (SSSR count). The molecule has 7 heterocycles. The van der Waals surface area contributed by atoms with E-state index in [4.69, 9.17) is 20.2 Å². The number of benzene rings is 9. The Morgan fingerprint density at radius 1 is 0.443 bits per heavy atom. The first-order chi connectivity index (χ1) is 45.5. The molecular formula is C80H70BN5OS. The van der Waals surface area contributed by atoms with E-state index in [9.17, 15) is 5.48 Å². The van der Waals surface area contributed by atoms with Crippen LogP contribution < -0.4 is 26.0 Å². The van der Waals surface area contributed by atoms with Crippen molar-refractivity contribution in [1.82, 2.24) is 19.1 Å². The van der Waals surface area contributed by atoms with Gasteiger partial charge in [0.1, 0.15) is 11.5 Å². The standard InChI is InChI=1S/C80H70BN5OS/c1-77(2,3)47-41-56(60-27-21-33-71(82-60)79(7,8)9)75(57(42-47)61-28-22-34-72(83-61)80(10,11)12)86-66-45-49(84-62-29-17-13-23-51(62)52-24-14-18-30-63(52)84)35-38-58(66)81-59-39-36-50(46-68(59)87-69-44-48(78(4,5)6)43-67(86)74(69)81)85-64-31-19-15-26-55(64)73-65(85)40-37-54-53-25-16-20-32-70(53)88-76(54)73/h13-46H,1-12H3/i13D,14D,17D,18D,23D,24D,29D,30D. The molecule has 88 heavy (non-hydrogen) atoms. The second kappa shape index (κ2) is 19.1. The van der Waals surface area contributed by atoms with Crippen molar-refractivity contribution in [3.8, 4) is 45.4 Å². The van der Waals surface area contributed by atoms with Crippen LogP contribution in [0.5, 0.6) is 11.5 Å². The normalized spacial score (nSPS) is 14.8. The summed E-state index contributed by atoms with van der Waals surface area (Å²) in [4.78, 5) is 13.6. The second-order valence-electron chi connectivity index (χ2n) is 28.0. The Kier molecular flexibility index (Phi) is 10.00. The van der Waals surface area contributed by atoms with Gasteiger partial charge in [-0.05, 0) is 135 Å². The smallest absolute Gasteiger partial charge is 0.256 e. The fraction of sp³-hybridized carbons (Fsp3) is 0.200. The lowest BCUT2D eigenvalue weighted by Gasteiger charge is -2.42. The minimum absolute atomic E-state index is 0.00461. The van der Waals surface area contributed by atoms with Gasteiger partial charge >= 0.3 is 0 Å². The molecule has 0 fully saturated rings. The maximum absolute atomic E-state index is 9.70. The zero-order valence-electron chi connectivity index (χ0n) is 59.6. The summed E-state index contributed by atoms with van der Waals surface area (Å²) in [6, 6.07) is 52.5. The highest BCUT2D eigenvalue weighted by atomic mass is 32.1. The Balaban J connectivity index is 1.05. The summed E-state index contributed by atoms with van der Waals surface area (Å²) < 4.78 is 88.6. The number of aromatic nitrogens is 4. The Hall–Kier alpha value is -9.24. The van der Waals surface area contributed by atoms with Crippen LogP contribution in [0.25, 0.3) is 97.7 Å². The molecule has 0 amide bonds. The van der Waals surface area contributed by atoms with Crippen molar-refractivity contribution in [3.63, 3.8) is 0 Å². The molecule has 0 saturated heterocycles. The summed E-state index contributed by atoms with van der Waals surface area (Å²) in [6.07, 6.45) is 0. The van der Waals surface area contributed by atoms with Gasteiger partial charge in [0.2, 0.25) is 0 Å². The van der Waals surface area contributed by atoms with Crippen molar-refractivity contribution in [2.75, 3.05) is 4.90 Å². The number of nitrogens with zero attached hydrogens (tertiary/aromatic N) is 5. The first kappa shape index (κ1) is 46.0. The van der Waals surface area contributed by atoms with Gasteiger partial charge < -0.3 is 18.8 Å². The molecule has 0 atom stereocenters. The van der Waals surface area contributed by atoms with E-state index in [2.05, 4.69) is 238 Å². The SMILES string of the molecule is [2H]c1c([2H])c([2H])c2c(c1[2H])c1c([2H])c([2H])c([2H])c([2H])c1n2-c1ccc2c(c1)N(c1c(-c3cccc(C(C)(C)C)n3)cc(C(C)(C)C)cc1-c1cccc(C(C)(C)C)n1)c1cc(C(C)(C)C)cc3c1B2c1ccc(-n2c4ccccc4c4c5sc6ccccc6c5ccc42)cc1O3. The van der Waals surface area contributed by atoms with Gasteiger partial charge in [-0.1, -0.05) is 186 Å². The lowest BCUT2D eigenvalue weighted by atomic mass is 9.34. The molecule has 430 valence electrons. The molecule has 0 spiro atoms. The third-order valence-electron chi connectivity index (χ3n) is 18.1. The quantitative estimate of drug-likeness (QED) is 0.161. The second-order valence-corrected chi connectivity index (χ2v) is 29.1. The number of rotatable bonds is 5. The molecule has 2 aliphatic rings. The summed E-state index contributed by atoms with van der Waals surface area (Å²) in [5, 5.41) is 4.85. The lowest BCUT2D eigenvalue weighted by molar-refractivity contribution is 0.483. The maximum Gasteiger partial charge on any atom is 0.256 e. The van der Waals surface area contributed by atoms with Crippen LogP contribution in [0.3, 0.4) is 0 Å². The molecule has 0 aliphatic carbocycles. The highest BCUT2D eigenvalue weighted by molar-refractivity contribution is 7.26. The van der Waals surface area contributed by atoms with Crippen LogP contribution in [-0.4, -0.2) is 25.8 Å². The molecule has 9 aromatic carbocycles. The van der Waals surface area contributed by atoms with Gasteiger partial charge in [0.15, 0.2) is 0 Å².